The molecule has 0 unspecified atom stereocenters. The Balaban J connectivity index is 1.52. The van der Waals surface area contributed by atoms with Crippen molar-refractivity contribution in [3.05, 3.63) is 90.5 Å². The van der Waals surface area contributed by atoms with E-state index in [0.29, 0.717) is 22.6 Å². The number of rotatable bonds is 4. The van der Waals surface area contributed by atoms with E-state index in [1.165, 1.54) is 6.07 Å². The second-order valence-electron chi connectivity index (χ2n) is 7.85. The summed E-state index contributed by atoms with van der Waals surface area (Å²) >= 11 is 0. The van der Waals surface area contributed by atoms with Gasteiger partial charge in [0.15, 0.2) is 17.3 Å². The van der Waals surface area contributed by atoms with Crippen LogP contribution in [-0.2, 0) is 10.0 Å². The third-order valence-electron chi connectivity index (χ3n) is 5.68. The zero-order chi connectivity index (χ0) is 24.7. The molecule has 3 heterocycles. The molecule has 1 aliphatic rings. The molecule has 2 N–H and O–H groups in total. The van der Waals surface area contributed by atoms with Crippen LogP contribution in [0.25, 0.3) is 22.5 Å². The van der Waals surface area contributed by atoms with E-state index in [-0.39, 0.29) is 27.8 Å². The average molecular weight is 493 g/mol. The molecular formula is C25H16N8O2S. The van der Waals surface area contributed by atoms with Gasteiger partial charge in [-0.3, -0.25) is 5.10 Å². The first-order chi connectivity index (χ1) is 17.6. The van der Waals surface area contributed by atoms with Crippen LogP contribution < -0.4 is 5.32 Å². The quantitative estimate of drug-likeness (QED) is 0.310. The molecule has 5 aromatic rings. The molecule has 6 rings (SSSR count). The summed E-state index contributed by atoms with van der Waals surface area (Å²) in [6, 6.07) is 27.0. The molecule has 0 fully saturated rings. The van der Waals surface area contributed by atoms with Crippen LogP contribution in [0.4, 0.5) is 23.0 Å². The van der Waals surface area contributed by atoms with Crippen LogP contribution in [0, 0.1) is 11.3 Å². The van der Waals surface area contributed by atoms with Crippen molar-refractivity contribution in [3.8, 4) is 28.6 Å². The molecule has 2 aromatic heterocycles. The molecule has 10 nitrogen and oxygen atoms in total. The van der Waals surface area contributed by atoms with Gasteiger partial charge in [0.2, 0.25) is 0 Å². The second-order valence-corrected chi connectivity index (χ2v) is 9.59. The Morgan fingerprint density at radius 2 is 1.47 bits per heavy atom. The number of aromatic nitrogens is 4. The fourth-order valence-corrected chi connectivity index (χ4v) is 5.38. The van der Waals surface area contributed by atoms with Crippen LogP contribution in [-0.4, -0.2) is 27.8 Å². The number of hydrogen-bond acceptors (Lipinski definition) is 8. The number of para-hydroxylation sites is 1. The second kappa shape index (κ2) is 8.30. The number of benzene rings is 3. The van der Waals surface area contributed by atoms with Gasteiger partial charge in [-0.25, -0.2) is 0 Å². The number of nitriles is 1. The van der Waals surface area contributed by atoms with Crippen LogP contribution in [0.5, 0.6) is 0 Å². The van der Waals surface area contributed by atoms with E-state index in [9.17, 15) is 13.7 Å². The van der Waals surface area contributed by atoms with E-state index in [4.69, 9.17) is 0 Å². The molecule has 0 saturated carbocycles. The SMILES string of the molecule is N#Cc1c(-c2ccccc2)n[nH]c1/N=N/c1c(-c2ccccc2)nn2c1Nc1ccccc1S2(=O)=O. The van der Waals surface area contributed by atoms with Crippen molar-refractivity contribution in [2.24, 2.45) is 10.2 Å². The summed E-state index contributed by atoms with van der Waals surface area (Å²) in [6.45, 7) is 0. The minimum absolute atomic E-state index is 0.107. The Labute approximate surface area is 205 Å². The van der Waals surface area contributed by atoms with Gasteiger partial charge >= 0.3 is 0 Å². The first-order valence-corrected chi connectivity index (χ1v) is 12.3. The van der Waals surface area contributed by atoms with E-state index in [1.54, 1.807) is 30.3 Å². The minimum Gasteiger partial charge on any atom is -0.336 e. The Hall–Kier alpha value is -5.08. The van der Waals surface area contributed by atoms with Gasteiger partial charge in [0.05, 0.1) is 5.69 Å². The summed E-state index contributed by atoms with van der Waals surface area (Å²) in [4.78, 5) is 0.107. The number of hydrogen-bond donors (Lipinski definition) is 2. The lowest BCUT2D eigenvalue weighted by molar-refractivity contribution is 0.580. The largest absolute Gasteiger partial charge is 0.336 e. The van der Waals surface area contributed by atoms with Crippen molar-refractivity contribution in [3.63, 3.8) is 0 Å². The summed E-state index contributed by atoms with van der Waals surface area (Å²) in [5, 5.41) is 33.0. The fraction of sp³-hybridized carbons (Fsp3) is 0. The van der Waals surface area contributed by atoms with Gasteiger partial charge < -0.3 is 5.32 Å². The summed E-state index contributed by atoms with van der Waals surface area (Å²) in [5.41, 5.74) is 3.01. The lowest BCUT2D eigenvalue weighted by Crippen LogP contribution is -2.22. The first-order valence-electron chi connectivity index (χ1n) is 10.8. The lowest BCUT2D eigenvalue weighted by atomic mass is 10.1. The third-order valence-corrected chi connectivity index (χ3v) is 7.31. The van der Waals surface area contributed by atoms with E-state index >= 15 is 0 Å². The molecule has 0 spiro atoms. The molecule has 174 valence electrons. The number of nitrogens with zero attached hydrogens (tertiary/aromatic N) is 6. The van der Waals surface area contributed by atoms with Crippen LogP contribution in [0.2, 0.25) is 0 Å². The Bertz CT molecular complexity index is 1780. The van der Waals surface area contributed by atoms with E-state index in [2.05, 4.69) is 36.9 Å². The molecule has 0 amide bonds. The fourth-order valence-electron chi connectivity index (χ4n) is 3.99. The summed E-state index contributed by atoms with van der Waals surface area (Å²) in [5.74, 6) is 0.298. The van der Waals surface area contributed by atoms with Gasteiger partial charge in [-0.2, -0.15) is 23.9 Å². The lowest BCUT2D eigenvalue weighted by Gasteiger charge is -2.19. The number of fused-ring (bicyclic) bond motifs is 2. The van der Waals surface area contributed by atoms with Crippen molar-refractivity contribution < 1.29 is 8.42 Å². The Morgan fingerprint density at radius 1 is 0.833 bits per heavy atom. The van der Waals surface area contributed by atoms with Gasteiger partial charge in [0.25, 0.3) is 10.0 Å². The number of aromatic amines is 1. The highest BCUT2D eigenvalue weighted by Crippen LogP contribution is 2.44. The Kier molecular flexibility index (Phi) is 4.94. The van der Waals surface area contributed by atoms with Crippen LogP contribution in [0.1, 0.15) is 5.56 Å². The van der Waals surface area contributed by atoms with Crippen molar-refractivity contribution in [2.75, 3.05) is 5.32 Å². The molecule has 0 bridgehead atoms. The first kappa shape index (κ1) is 21.5. The minimum atomic E-state index is -3.97. The van der Waals surface area contributed by atoms with Crippen LogP contribution >= 0.6 is 0 Å². The van der Waals surface area contributed by atoms with Gasteiger partial charge in [-0.15, -0.1) is 14.3 Å². The van der Waals surface area contributed by atoms with Gasteiger partial charge in [0.1, 0.15) is 27.9 Å². The van der Waals surface area contributed by atoms with Crippen molar-refractivity contribution >= 4 is 33.0 Å². The third kappa shape index (κ3) is 3.36. The number of nitrogens with one attached hydrogen (secondary N) is 2. The maximum absolute atomic E-state index is 13.4. The monoisotopic (exact) mass is 492 g/mol. The number of anilines is 2. The molecule has 1 aliphatic heterocycles. The predicted molar refractivity (Wildman–Crippen MR) is 133 cm³/mol. The van der Waals surface area contributed by atoms with Crippen molar-refractivity contribution in [1.82, 2.24) is 19.4 Å². The normalized spacial score (nSPS) is 13.5. The van der Waals surface area contributed by atoms with Crippen LogP contribution in [0.3, 0.4) is 0 Å². The van der Waals surface area contributed by atoms with Gasteiger partial charge in [-0.1, -0.05) is 72.8 Å². The number of azo groups is 1. The highest BCUT2D eigenvalue weighted by molar-refractivity contribution is 7.90. The number of H-pyrrole nitrogens is 1. The molecule has 0 saturated heterocycles. The van der Waals surface area contributed by atoms with Gasteiger partial charge in [-0.05, 0) is 12.1 Å². The smallest absolute Gasteiger partial charge is 0.287 e. The van der Waals surface area contributed by atoms with E-state index < -0.39 is 10.0 Å². The summed E-state index contributed by atoms with van der Waals surface area (Å²) in [7, 11) is -3.97. The zero-order valence-corrected chi connectivity index (χ0v) is 19.3. The topological polar surface area (TPSA) is 141 Å². The molecular weight excluding hydrogens is 476 g/mol. The van der Waals surface area contributed by atoms with Crippen molar-refractivity contribution in [2.45, 2.75) is 4.90 Å². The highest BCUT2D eigenvalue weighted by Gasteiger charge is 2.34. The predicted octanol–water partition coefficient (Wildman–Crippen LogP) is 5.52. The summed E-state index contributed by atoms with van der Waals surface area (Å²) in [6.07, 6.45) is 0. The average Bonchev–Trinajstić information content (AvgIpc) is 3.50. The van der Waals surface area contributed by atoms with Gasteiger partial charge in [0, 0.05) is 11.1 Å². The molecule has 3 aromatic carbocycles. The molecule has 11 heteroatoms. The van der Waals surface area contributed by atoms with E-state index in [0.717, 1.165) is 9.65 Å². The molecule has 0 aliphatic carbocycles. The maximum atomic E-state index is 13.4. The maximum Gasteiger partial charge on any atom is 0.287 e. The van der Waals surface area contributed by atoms with Crippen molar-refractivity contribution in [1.29, 1.82) is 5.26 Å². The van der Waals surface area contributed by atoms with Crippen LogP contribution in [0.15, 0.2) is 100 Å². The standard InChI is InChI=1S/C25H16N8O2S/c26-15-18-21(16-9-3-1-4-10-16)28-30-24(18)31-29-23-22(17-11-5-2-6-12-17)32-33-25(23)27-19-13-7-8-14-20(19)36(33,34)35/h1-14,27H,(H,28,30)/b31-29+. The summed E-state index contributed by atoms with van der Waals surface area (Å²) < 4.78 is 27.6. The molecule has 0 atom stereocenters. The Morgan fingerprint density at radius 3 is 2.17 bits per heavy atom. The molecule has 0 radical (unpaired) electrons. The van der Waals surface area contributed by atoms with E-state index in [1.807, 2.05) is 48.5 Å². The zero-order valence-electron chi connectivity index (χ0n) is 18.5. The highest BCUT2D eigenvalue weighted by atomic mass is 32.2. The molecule has 36 heavy (non-hydrogen) atoms.